The molecule has 0 N–H and O–H groups in total. The fraction of sp³-hybridized carbons (Fsp3) is 0.625. The first-order valence-corrected chi connectivity index (χ1v) is 8.39. The van der Waals surface area contributed by atoms with Gasteiger partial charge in [-0.05, 0) is 18.4 Å². The van der Waals surface area contributed by atoms with Crippen LogP contribution in [0.3, 0.4) is 0 Å². The van der Waals surface area contributed by atoms with Gasteiger partial charge >= 0.3 is 0 Å². The predicted octanol–water partition coefficient (Wildman–Crippen LogP) is 3.80. The van der Waals surface area contributed by atoms with Crippen molar-refractivity contribution in [2.75, 3.05) is 38.4 Å². The normalized spacial score (nSPS) is 10.8. The third kappa shape index (κ3) is 10.4. The van der Waals surface area contributed by atoms with Crippen LogP contribution in [0, 0.1) is 0 Å². The SMILES string of the molecule is BrCCCCCOCCOCCOCc1ccccc1. The van der Waals surface area contributed by atoms with E-state index in [1.165, 1.54) is 18.4 Å². The molecule has 3 nitrogen and oxygen atoms in total. The second kappa shape index (κ2) is 13.6. The van der Waals surface area contributed by atoms with E-state index >= 15 is 0 Å². The lowest BCUT2D eigenvalue weighted by Crippen LogP contribution is -2.09. The Kier molecular flexibility index (Phi) is 12.0. The van der Waals surface area contributed by atoms with Gasteiger partial charge in [0.25, 0.3) is 0 Å². The minimum absolute atomic E-state index is 0.625. The van der Waals surface area contributed by atoms with Gasteiger partial charge in [0.05, 0.1) is 33.0 Å². The predicted molar refractivity (Wildman–Crippen MR) is 85.4 cm³/mol. The summed E-state index contributed by atoms with van der Waals surface area (Å²) in [5.74, 6) is 0. The average Bonchev–Trinajstić information content (AvgIpc) is 2.49. The summed E-state index contributed by atoms with van der Waals surface area (Å²) < 4.78 is 16.4. The Labute approximate surface area is 130 Å². The smallest absolute Gasteiger partial charge is 0.0718 e. The highest BCUT2D eigenvalue weighted by atomic mass is 79.9. The summed E-state index contributed by atoms with van der Waals surface area (Å²) in [6.45, 7) is 4.05. The molecule has 0 aliphatic heterocycles. The molecule has 0 bridgehead atoms. The van der Waals surface area contributed by atoms with Crippen LogP contribution in [0.5, 0.6) is 0 Å². The van der Waals surface area contributed by atoms with Crippen molar-refractivity contribution in [3.8, 4) is 0 Å². The highest BCUT2D eigenvalue weighted by molar-refractivity contribution is 9.09. The highest BCUT2D eigenvalue weighted by Crippen LogP contribution is 2.00. The van der Waals surface area contributed by atoms with E-state index in [1.807, 2.05) is 18.2 Å². The molecular weight excluding hydrogens is 320 g/mol. The summed E-state index contributed by atoms with van der Waals surface area (Å²) in [5.41, 5.74) is 1.19. The van der Waals surface area contributed by atoms with Gasteiger partial charge in [0.2, 0.25) is 0 Å². The summed E-state index contributed by atoms with van der Waals surface area (Å²) in [4.78, 5) is 0. The minimum Gasteiger partial charge on any atom is -0.379 e. The molecule has 1 aromatic rings. The molecule has 0 atom stereocenters. The molecule has 114 valence electrons. The summed E-state index contributed by atoms with van der Waals surface area (Å²) in [6.07, 6.45) is 3.57. The van der Waals surface area contributed by atoms with Gasteiger partial charge in [0, 0.05) is 11.9 Å². The second-order valence-corrected chi connectivity index (χ2v) is 5.31. The molecule has 20 heavy (non-hydrogen) atoms. The quantitative estimate of drug-likeness (QED) is 0.402. The number of hydrogen-bond donors (Lipinski definition) is 0. The fourth-order valence-electron chi connectivity index (χ4n) is 1.68. The molecule has 0 amide bonds. The summed E-state index contributed by atoms with van der Waals surface area (Å²) in [5, 5.41) is 1.08. The number of unbranched alkanes of at least 4 members (excludes halogenated alkanes) is 2. The molecule has 0 fully saturated rings. The molecule has 0 saturated carbocycles. The molecule has 0 saturated heterocycles. The first-order valence-electron chi connectivity index (χ1n) is 7.26. The zero-order valence-electron chi connectivity index (χ0n) is 12.1. The zero-order valence-corrected chi connectivity index (χ0v) is 13.6. The van der Waals surface area contributed by atoms with Crippen LogP contribution in [0.2, 0.25) is 0 Å². The van der Waals surface area contributed by atoms with E-state index in [0.717, 1.165) is 18.4 Å². The Morgan fingerprint density at radius 3 is 2.05 bits per heavy atom. The average molecular weight is 345 g/mol. The molecule has 0 aliphatic carbocycles. The van der Waals surface area contributed by atoms with Gasteiger partial charge in [-0.2, -0.15) is 0 Å². The van der Waals surface area contributed by atoms with E-state index in [2.05, 4.69) is 28.1 Å². The molecule has 0 radical (unpaired) electrons. The van der Waals surface area contributed by atoms with Crippen LogP contribution >= 0.6 is 15.9 Å². The van der Waals surface area contributed by atoms with E-state index < -0.39 is 0 Å². The molecule has 0 heterocycles. The Hall–Kier alpha value is -0.420. The Morgan fingerprint density at radius 1 is 0.700 bits per heavy atom. The lowest BCUT2D eigenvalue weighted by atomic mass is 10.2. The van der Waals surface area contributed by atoms with Gasteiger partial charge in [-0.1, -0.05) is 52.7 Å². The molecule has 0 aliphatic rings. The summed E-state index contributed by atoms with van der Waals surface area (Å²) in [6, 6.07) is 10.2. The fourth-order valence-corrected chi connectivity index (χ4v) is 2.08. The number of alkyl halides is 1. The molecule has 4 heteroatoms. The molecule has 0 unspecified atom stereocenters. The van der Waals surface area contributed by atoms with Crippen molar-refractivity contribution in [1.29, 1.82) is 0 Å². The number of rotatable bonds is 13. The van der Waals surface area contributed by atoms with Gasteiger partial charge in [0.1, 0.15) is 0 Å². The second-order valence-electron chi connectivity index (χ2n) is 4.51. The van der Waals surface area contributed by atoms with Crippen LogP contribution in [0.1, 0.15) is 24.8 Å². The van der Waals surface area contributed by atoms with Crippen molar-refractivity contribution in [2.45, 2.75) is 25.9 Å². The lowest BCUT2D eigenvalue weighted by Gasteiger charge is -2.07. The number of halogens is 1. The number of hydrogen-bond acceptors (Lipinski definition) is 3. The van der Waals surface area contributed by atoms with E-state index in [4.69, 9.17) is 14.2 Å². The van der Waals surface area contributed by atoms with E-state index in [0.29, 0.717) is 33.0 Å². The van der Waals surface area contributed by atoms with E-state index in [9.17, 15) is 0 Å². The maximum atomic E-state index is 5.52. The van der Waals surface area contributed by atoms with Crippen molar-refractivity contribution in [2.24, 2.45) is 0 Å². The van der Waals surface area contributed by atoms with Gasteiger partial charge < -0.3 is 14.2 Å². The maximum absolute atomic E-state index is 5.52. The van der Waals surface area contributed by atoms with Crippen LogP contribution in [0.25, 0.3) is 0 Å². The summed E-state index contributed by atoms with van der Waals surface area (Å²) >= 11 is 3.42. The van der Waals surface area contributed by atoms with Crippen LogP contribution in [0.15, 0.2) is 30.3 Å². The van der Waals surface area contributed by atoms with Gasteiger partial charge in [-0.3, -0.25) is 0 Å². The molecular formula is C16H25BrO3. The zero-order chi connectivity index (χ0) is 14.3. The topological polar surface area (TPSA) is 27.7 Å². The van der Waals surface area contributed by atoms with Gasteiger partial charge in [0.15, 0.2) is 0 Å². The molecule has 0 aromatic heterocycles. The van der Waals surface area contributed by atoms with Crippen LogP contribution in [-0.4, -0.2) is 38.4 Å². The largest absolute Gasteiger partial charge is 0.379 e. The third-order valence-electron chi connectivity index (χ3n) is 2.78. The Morgan fingerprint density at radius 2 is 1.35 bits per heavy atom. The third-order valence-corrected chi connectivity index (χ3v) is 3.34. The van der Waals surface area contributed by atoms with E-state index in [-0.39, 0.29) is 0 Å². The van der Waals surface area contributed by atoms with Crippen LogP contribution in [0.4, 0.5) is 0 Å². The van der Waals surface area contributed by atoms with Gasteiger partial charge in [-0.25, -0.2) is 0 Å². The molecule has 0 spiro atoms. The lowest BCUT2D eigenvalue weighted by molar-refractivity contribution is 0.0101. The molecule has 1 aromatic carbocycles. The highest BCUT2D eigenvalue weighted by Gasteiger charge is 1.93. The Bertz CT molecular complexity index is 306. The van der Waals surface area contributed by atoms with Crippen LogP contribution in [-0.2, 0) is 20.8 Å². The van der Waals surface area contributed by atoms with Crippen molar-refractivity contribution in [3.05, 3.63) is 35.9 Å². The Balaban J connectivity index is 1.77. The molecule has 1 rings (SSSR count). The standard InChI is InChI=1S/C16H25BrO3/c17-9-5-2-6-10-18-11-12-19-13-14-20-15-16-7-3-1-4-8-16/h1,3-4,7-8H,2,5-6,9-15H2. The van der Waals surface area contributed by atoms with Crippen molar-refractivity contribution in [1.82, 2.24) is 0 Å². The van der Waals surface area contributed by atoms with Crippen molar-refractivity contribution in [3.63, 3.8) is 0 Å². The van der Waals surface area contributed by atoms with Crippen LogP contribution < -0.4 is 0 Å². The van der Waals surface area contributed by atoms with Crippen molar-refractivity contribution < 1.29 is 14.2 Å². The van der Waals surface area contributed by atoms with E-state index in [1.54, 1.807) is 0 Å². The number of ether oxygens (including phenoxy) is 3. The monoisotopic (exact) mass is 344 g/mol. The first-order chi connectivity index (χ1) is 9.93. The minimum atomic E-state index is 0.625. The maximum Gasteiger partial charge on any atom is 0.0718 e. The number of benzene rings is 1. The van der Waals surface area contributed by atoms with Gasteiger partial charge in [-0.15, -0.1) is 0 Å². The first kappa shape index (κ1) is 17.6. The van der Waals surface area contributed by atoms with Crippen molar-refractivity contribution >= 4 is 15.9 Å². The summed E-state index contributed by atoms with van der Waals surface area (Å²) in [7, 11) is 0.